The molecule has 0 bridgehead atoms. The van der Waals surface area contributed by atoms with Gasteiger partial charge in [-0.2, -0.15) is 0 Å². The van der Waals surface area contributed by atoms with Crippen molar-refractivity contribution < 1.29 is 12.8 Å². The van der Waals surface area contributed by atoms with Crippen LogP contribution in [-0.2, 0) is 16.4 Å². The standard InChI is InChI=1S/C14H13ClFNO2S/c1-2-10-3-5-11(6-4-10)17-20(18,19)12-7-8-14(16)13(15)9-12/h3-9,17H,2H2,1H3. The fourth-order valence-corrected chi connectivity index (χ4v) is 3.00. The Morgan fingerprint density at radius 2 is 1.80 bits per heavy atom. The second-order valence-corrected chi connectivity index (χ2v) is 6.32. The first kappa shape index (κ1) is 14.8. The summed E-state index contributed by atoms with van der Waals surface area (Å²) >= 11 is 5.60. The Hall–Kier alpha value is -1.59. The minimum absolute atomic E-state index is 0.0801. The topological polar surface area (TPSA) is 46.2 Å². The number of nitrogens with one attached hydrogen (secondary N) is 1. The fourth-order valence-electron chi connectivity index (χ4n) is 1.67. The average Bonchev–Trinajstić information content (AvgIpc) is 2.42. The second-order valence-electron chi connectivity index (χ2n) is 4.23. The van der Waals surface area contributed by atoms with Crippen LogP contribution in [-0.4, -0.2) is 8.42 Å². The molecule has 0 radical (unpaired) electrons. The highest BCUT2D eigenvalue weighted by molar-refractivity contribution is 7.92. The van der Waals surface area contributed by atoms with Gasteiger partial charge in [0.2, 0.25) is 0 Å². The van der Waals surface area contributed by atoms with Crippen molar-refractivity contribution in [2.24, 2.45) is 0 Å². The van der Waals surface area contributed by atoms with E-state index in [4.69, 9.17) is 11.6 Å². The molecule has 0 unspecified atom stereocenters. The largest absolute Gasteiger partial charge is 0.280 e. The monoisotopic (exact) mass is 313 g/mol. The number of sulfonamides is 1. The summed E-state index contributed by atoms with van der Waals surface area (Å²) in [5, 5.41) is -0.228. The molecule has 0 atom stereocenters. The molecular weight excluding hydrogens is 301 g/mol. The van der Waals surface area contributed by atoms with Crippen molar-refractivity contribution in [1.82, 2.24) is 0 Å². The number of aryl methyl sites for hydroxylation is 1. The third-order valence-electron chi connectivity index (χ3n) is 2.82. The van der Waals surface area contributed by atoms with Crippen LogP contribution < -0.4 is 4.72 Å². The summed E-state index contributed by atoms with van der Waals surface area (Å²) in [7, 11) is -3.77. The third-order valence-corrected chi connectivity index (χ3v) is 4.48. The number of hydrogen-bond donors (Lipinski definition) is 1. The summed E-state index contributed by atoms with van der Waals surface area (Å²) in [5.74, 6) is -0.655. The number of anilines is 1. The van der Waals surface area contributed by atoms with Gasteiger partial charge in [-0.25, -0.2) is 12.8 Å². The van der Waals surface area contributed by atoms with Gasteiger partial charge in [0, 0.05) is 5.69 Å². The molecule has 2 aromatic rings. The van der Waals surface area contributed by atoms with Crippen LogP contribution in [0.3, 0.4) is 0 Å². The lowest BCUT2D eigenvalue weighted by Gasteiger charge is -2.09. The van der Waals surface area contributed by atoms with Gasteiger partial charge in [0.05, 0.1) is 9.92 Å². The zero-order chi connectivity index (χ0) is 14.8. The first-order valence-electron chi connectivity index (χ1n) is 5.99. The Kier molecular flexibility index (Phi) is 4.30. The Bertz CT molecular complexity index is 714. The van der Waals surface area contributed by atoms with E-state index in [9.17, 15) is 12.8 Å². The summed E-state index contributed by atoms with van der Waals surface area (Å²) in [6.07, 6.45) is 0.876. The molecular formula is C14H13ClFNO2S. The van der Waals surface area contributed by atoms with Crippen molar-refractivity contribution in [3.05, 3.63) is 58.9 Å². The summed E-state index contributed by atoms with van der Waals surface area (Å²) in [6.45, 7) is 2.01. The Labute approximate surface area is 122 Å². The van der Waals surface area contributed by atoms with Gasteiger partial charge >= 0.3 is 0 Å². The molecule has 0 fully saturated rings. The molecule has 106 valence electrons. The predicted molar refractivity (Wildman–Crippen MR) is 78.0 cm³/mol. The van der Waals surface area contributed by atoms with Crippen LogP contribution in [0.15, 0.2) is 47.4 Å². The van der Waals surface area contributed by atoms with Crippen LogP contribution in [0, 0.1) is 5.82 Å². The summed E-state index contributed by atoms with van der Waals surface area (Å²) in [5.41, 5.74) is 1.56. The Balaban J connectivity index is 2.27. The van der Waals surface area contributed by atoms with E-state index in [1.807, 2.05) is 19.1 Å². The first-order chi connectivity index (χ1) is 9.42. The van der Waals surface area contributed by atoms with E-state index in [0.717, 1.165) is 24.1 Å². The van der Waals surface area contributed by atoms with Crippen molar-refractivity contribution in [2.45, 2.75) is 18.2 Å². The number of hydrogen-bond acceptors (Lipinski definition) is 2. The highest BCUT2D eigenvalue weighted by Gasteiger charge is 2.15. The van der Waals surface area contributed by atoms with Crippen LogP contribution >= 0.6 is 11.6 Å². The van der Waals surface area contributed by atoms with Crippen LogP contribution in [0.5, 0.6) is 0 Å². The lowest BCUT2D eigenvalue weighted by molar-refractivity contribution is 0.599. The molecule has 2 aromatic carbocycles. The lowest BCUT2D eigenvalue weighted by atomic mass is 10.2. The van der Waals surface area contributed by atoms with Gasteiger partial charge in [-0.1, -0.05) is 30.7 Å². The molecule has 0 aliphatic rings. The zero-order valence-corrected chi connectivity index (χ0v) is 12.3. The molecule has 20 heavy (non-hydrogen) atoms. The Morgan fingerprint density at radius 3 is 2.35 bits per heavy atom. The van der Waals surface area contributed by atoms with E-state index >= 15 is 0 Å². The van der Waals surface area contributed by atoms with Gasteiger partial charge in [-0.05, 0) is 42.3 Å². The molecule has 0 amide bonds. The Morgan fingerprint density at radius 1 is 1.15 bits per heavy atom. The smallest absolute Gasteiger partial charge is 0.261 e. The number of benzene rings is 2. The zero-order valence-electron chi connectivity index (χ0n) is 10.7. The first-order valence-corrected chi connectivity index (χ1v) is 7.85. The second kappa shape index (κ2) is 5.81. The summed E-state index contributed by atoms with van der Waals surface area (Å²) in [4.78, 5) is -0.0801. The highest BCUT2D eigenvalue weighted by atomic mass is 35.5. The molecule has 0 saturated carbocycles. The van der Waals surface area contributed by atoms with Crippen LogP contribution in [0.4, 0.5) is 10.1 Å². The summed E-state index contributed by atoms with van der Waals surface area (Å²) in [6, 6.07) is 10.3. The molecule has 0 spiro atoms. The average molecular weight is 314 g/mol. The van der Waals surface area contributed by atoms with E-state index < -0.39 is 15.8 Å². The van der Waals surface area contributed by atoms with Gasteiger partial charge in [0.1, 0.15) is 5.82 Å². The number of halogens is 2. The lowest BCUT2D eigenvalue weighted by Crippen LogP contribution is -2.13. The quantitative estimate of drug-likeness (QED) is 0.932. The normalized spacial score (nSPS) is 11.3. The van der Waals surface area contributed by atoms with Crippen LogP contribution in [0.1, 0.15) is 12.5 Å². The number of rotatable bonds is 4. The summed E-state index contributed by atoms with van der Waals surface area (Å²) < 4.78 is 39.7. The van der Waals surface area contributed by atoms with E-state index in [0.29, 0.717) is 5.69 Å². The van der Waals surface area contributed by atoms with Gasteiger partial charge in [-0.3, -0.25) is 4.72 Å². The SMILES string of the molecule is CCc1ccc(NS(=O)(=O)c2ccc(F)c(Cl)c2)cc1. The van der Waals surface area contributed by atoms with Gasteiger partial charge < -0.3 is 0 Å². The van der Waals surface area contributed by atoms with Gasteiger partial charge in [0.25, 0.3) is 10.0 Å². The van der Waals surface area contributed by atoms with Crippen LogP contribution in [0.25, 0.3) is 0 Å². The minimum Gasteiger partial charge on any atom is -0.280 e. The molecule has 0 saturated heterocycles. The molecule has 3 nitrogen and oxygen atoms in total. The molecule has 6 heteroatoms. The predicted octanol–water partition coefficient (Wildman–Crippen LogP) is 3.84. The van der Waals surface area contributed by atoms with Crippen molar-refractivity contribution in [1.29, 1.82) is 0 Å². The van der Waals surface area contributed by atoms with E-state index in [1.54, 1.807) is 12.1 Å². The van der Waals surface area contributed by atoms with E-state index in [1.165, 1.54) is 6.07 Å². The highest BCUT2D eigenvalue weighted by Crippen LogP contribution is 2.22. The maximum atomic E-state index is 13.1. The van der Waals surface area contributed by atoms with Crippen molar-refractivity contribution >= 4 is 27.3 Å². The molecule has 0 heterocycles. The molecule has 0 aliphatic heterocycles. The van der Waals surface area contributed by atoms with Crippen molar-refractivity contribution in [3.63, 3.8) is 0 Å². The van der Waals surface area contributed by atoms with Crippen molar-refractivity contribution in [2.75, 3.05) is 4.72 Å². The maximum Gasteiger partial charge on any atom is 0.261 e. The molecule has 0 aliphatic carbocycles. The van der Waals surface area contributed by atoms with Crippen LogP contribution in [0.2, 0.25) is 5.02 Å². The van der Waals surface area contributed by atoms with E-state index in [-0.39, 0.29) is 9.92 Å². The third kappa shape index (κ3) is 3.29. The van der Waals surface area contributed by atoms with Gasteiger partial charge in [-0.15, -0.1) is 0 Å². The maximum absolute atomic E-state index is 13.1. The van der Waals surface area contributed by atoms with Gasteiger partial charge in [0.15, 0.2) is 0 Å². The van der Waals surface area contributed by atoms with E-state index in [2.05, 4.69) is 4.72 Å². The molecule has 0 aromatic heterocycles. The van der Waals surface area contributed by atoms with Crippen molar-refractivity contribution in [3.8, 4) is 0 Å². The molecule has 2 rings (SSSR count). The fraction of sp³-hybridized carbons (Fsp3) is 0.143. The molecule has 1 N–H and O–H groups in total. The minimum atomic E-state index is -3.77.